The highest BCUT2D eigenvalue weighted by Crippen LogP contribution is 2.40. The average Bonchev–Trinajstić information content (AvgIpc) is 2.73. The van der Waals surface area contributed by atoms with E-state index >= 15 is 0 Å². The van der Waals surface area contributed by atoms with Crippen molar-refractivity contribution in [1.29, 1.82) is 0 Å². The molecule has 4 rings (SSSR count). The van der Waals surface area contributed by atoms with Crippen LogP contribution in [0.4, 0.5) is 5.69 Å². The number of alkyl halides is 1. The molecule has 0 aromatic heterocycles. The number of non-ortho nitro benzene ring substituents is 1. The molecule has 0 radical (unpaired) electrons. The number of nitrogens with zero attached hydrogens (tertiary/aromatic N) is 2. The van der Waals surface area contributed by atoms with E-state index in [-0.39, 0.29) is 21.5 Å². The molecule has 0 N–H and O–H groups in total. The van der Waals surface area contributed by atoms with Crippen molar-refractivity contribution >= 4 is 42.4 Å². The molecule has 150 valence electrons. The van der Waals surface area contributed by atoms with Crippen molar-refractivity contribution in [3.63, 3.8) is 0 Å². The number of piperidine rings is 1. The highest BCUT2D eigenvalue weighted by Gasteiger charge is 2.39. The van der Waals surface area contributed by atoms with Crippen LogP contribution in [0.2, 0.25) is 0 Å². The molecule has 0 unspecified atom stereocenters. The van der Waals surface area contributed by atoms with Crippen molar-refractivity contribution in [3.8, 4) is 0 Å². The van der Waals surface area contributed by atoms with Crippen LogP contribution in [0.15, 0.2) is 71.6 Å². The van der Waals surface area contributed by atoms with E-state index in [0.717, 1.165) is 29.2 Å². The fraction of sp³-hybridized carbons (Fsp3) is 0.238. The summed E-state index contributed by atoms with van der Waals surface area (Å²) in [5.74, 6) is 0. The van der Waals surface area contributed by atoms with E-state index in [1.807, 2.05) is 42.5 Å². The molecule has 0 bridgehead atoms. The predicted octanol–water partition coefficient (Wildman–Crippen LogP) is 5.04. The number of hydrogen-bond donors (Lipinski definition) is 0. The summed E-state index contributed by atoms with van der Waals surface area (Å²) in [5, 5.41) is 13.0. The molecule has 0 spiro atoms. The molecule has 3 aromatic carbocycles. The maximum atomic E-state index is 13.4. The van der Waals surface area contributed by atoms with Gasteiger partial charge in [0.15, 0.2) is 0 Å². The Hall–Kier alpha value is -2.29. The van der Waals surface area contributed by atoms with E-state index in [2.05, 4.69) is 15.9 Å². The number of fused-ring (bicyclic) bond motifs is 1. The zero-order chi connectivity index (χ0) is 20.6. The number of halogens is 1. The van der Waals surface area contributed by atoms with E-state index in [1.54, 1.807) is 0 Å². The molecule has 1 aliphatic rings. The van der Waals surface area contributed by atoms with Crippen molar-refractivity contribution in [2.24, 2.45) is 0 Å². The lowest BCUT2D eigenvalue weighted by Gasteiger charge is -2.38. The third-order valence-corrected chi connectivity index (χ3v) is 8.13. The Morgan fingerprint density at radius 3 is 2.38 bits per heavy atom. The first-order chi connectivity index (χ1) is 13.9. The normalized spacial score (nSPS) is 20.6. The Morgan fingerprint density at radius 1 is 1.00 bits per heavy atom. The van der Waals surface area contributed by atoms with Crippen molar-refractivity contribution in [2.45, 2.75) is 28.6 Å². The Balaban J connectivity index is 1.76. The van der Waals surface area contributed by atoms with Gasteiger partial charge in [-0.1, -0.05) is 52.3 Å². The minimum atomic E-state index is -3.81. The van der Waals surface area contributed by atoms with Gasteiger partial charge in [-0.25, -0.2) is 8.42 Å². The summed E-state index contributed by atoms with van der Waals surface area (Å²) in [4.78, 5) is 10.4. The Bertz CT molecular complexity index is 1160. The van der Waals surface area contributed by atoms with Crippen LogP contribution in [0.5, 0.6) is 0 Å². The van der Waals surface area contributed by atoms with Crippen LogP contribution in [-0.2, 0) is 10.0 Å². The molecular weight excluding hydrogens is 456 g/mol. The molecule has 0 amide bonds. The van der Waals surface area contributed by atoms with Gasteiger partial charge in [-0.15, -0.1) is 0 Å². The summed E-state index contributed by atoms with van der Waals surface area (Å²) in [6.07, 6.45) is 1.61. The maximum Gasteiger partial charge on any atom is 0.269 e. The molecule has 29 heavy (non-hydrogen) atoms. The summed E-state index contributed by atoms with van der Waals surface area (Å²) < 4.78 is 28.3. The zero-order valence-corrected chi connectivity index (χ0v) is 17.8. The first kappa shape index (κ1) is 20.0. The average molecular weight is 475 g/mol. The highest BCUT2D eigenvalue weighted by atomic mass is 79.9. The number of hydrogen-bond acceptors (Lipinski definition) is 4. The lowest BCUT2D eigenvalue weighted by Crippen LogP contribution is -2.43. The first-order valence-electron chi connectivity index (χ1n) is 9.27. The molecular formula is C21H19BrN2O4S. The quantitative estimate of drug-likeness (QED) is 0.301. The van der Waals surface area contributed by atoms with E-state index in [9.17, 15) is 18.5 Å². The third-order valence-electron chi connectivity index (χ3n) is 5.28. The van der Waals surface area contributed by atoms with Gasteiger partial charge in [-0.05, 0) is 47.4 Å². The fourth-order valence-corrected chi connectivity index (χ4v) is 6.59. The Morgan fingerprint density at radius 2 is 1.69 bits per heavy atom. The van der Waals surface area contributed by atoms with Gasteiger partial charge in [0.2, 0.25) is 10.0 Å². The summed E-state index contributed by atoms with van der Waals surface area (Å²) in [6.45, 7) is 0.402. The van der Waals surface area contributed by atoms with Gasteiger partial charge >= 0.3 is 0 Å². The Kier molecular flexibility index (Phi) is 5.42. The number of nitro groups is 1. The van der Waals surface area contributed by atoms with Gasteiger partial charge in [0.05, 0.1) is 15.9 Å². The van der Waals surface area contributed by atoms with E-state index in [1.165, 1.54) is 28.6 Å². The topological polar surface area (TPSA) is 80.5 Å². The van der Waals surface area contributed by atoms with Crippen LogP contribution in [0.25, 0.3) is 10.8 Å². The molecule has 1 fully saturated rings. The maximum absolute atomic E-state index is 13.4. The molecule has 2 atom stereocenters. The number of benzene rings is 3. The van der Waals surface area contributed by atoms with Gasteiger partial charge in [0.25, 0.3) is 5.69 Å². The first-order valence-corrected chi connectivity index (χ1v) is 11.6. The van der Waals surface area contributed by atoms with Crippen LogP contribution >= 0.6 is 15.9 Å². The minimum Gasteiger partial charge on any atom is -0.258 e. The van der Waals surface area contributed by atoms with Gasteiger partial charge in [0.1, 0.15) is 0 Å². The SMILES string of the molecule is O=[N+]([O-])c1ccc(S(=O)(=O)N2CCC[C@H](Br)[C@H]2c2ccc3ccccc3c2)cc1. The van der Waals surface area contributed by atoms with Crippen LogP contribution in [0.3, 0.4) is 0 Å². The molecule has 1 heterocycles. The smallest absolute Gasteiger partial charge is 0.258 e. The van der Waals surface area contributed by atoms with Gasteiger partial charge < -0.3 is 0 Å². The van der Waals surface area contributed by atoms with Crippen molar-refractivity contribution in [2.75, 3.05) is 6.54 Å². The number of rotatable bonds is 4. The predicted molar refractivity (Wildman–Crippen MR) is 116 cm³/mol. The summed E-state index contributed by atoms with van der Waals surface area (Å²) in [6, 6.07) is 18.7. The lowest BCUT2D eigenvalue weighted by molar-refractivity contribution is -0.384. The molecule has 0 aliphatic carbocycles. The standard InChI is InChI=1S/C21H19BrN2O4S/c22-20-6-3-13-23(29(27,28)19-11-9-18(10-12-19)24(25)26)21(20)17-8-7-15-4-1-2-5-16(15)14-17/h1-2,4-5,7-12,14,20-21H,3,6,13H2/t20-,21+/m0/s1. The monoisotopic (exact) mass is 474 g/mol. The number of nitro benzene ring substituents is 1. The fourth-order valence-electron chi connectivity index (χ4n) is 3.83. The minimum absolute atomic E-state index is 0.0229. The summed E-state index contributed by atoms with van der Waals surface area (Å²) in [5.41, 5.74) is 0.794. The van der Waals surface area contributed by atoms with E-state index in [4.69, 9.17) is 0 Å². The highest BCUT2D eigenvalue weighted by molar-refractivity contribution is 9.09. The number of sulfonamides is 1. The zero-order valence-electron chi connectivity index (χ0n) is 15.4. The van der Waals surface area contributed by atoms with Crippen molar-refractivity contribution < 1.29 is 13.3 Å². The second kappa shape index (κ2) is 7.85. The summed E-state index contributed by atoms with van der Waals surface area (Å²) in [7, 11) is -3.81. The molecule has 8 heteroatoms. The van der Waals surface area contributed by atoms with Crippen LogP contribution < -0.4 is 0 Å². The third kappa shape index (κ3) is 3.80. The van der Waals surface area contributed by atoms with Crippen LogP contribution in [0, 0.1) is 10.1 Å². The molecule has 3 aromatic rings. The largest absolute Gasteiger partial charge is 0.269 e. The van der Waals surface area contributed by atoms with Crippen molar-refractivity contribution in [1.82, 2.24) is 4.31 Å². The Labute approximate surface area is 177 Å². The molecule has 1 aliphatic heterocycles. The van der Waals surface area contributed by atoms with Crippen molar-refractivity contribution in [3.05, 3.63) is 82.4 Å². The summed E-state index contributed by atoms with van der Waals surface area (Å²) >= 11 is 3.70. The molecule has 6 nitrogen and oxygen atoms in total. The second-order valence-corrected chi connectivity index (χ2v) is 10.1. The van der Waals surface area contributed by atoms with E-state index in [0.29, 0.717) is 6.54 Å². The van der Waals surface area contributed by atoms with Crippen LogP contribution in [0.1, 0.15) is 24.4 Å². The van der Waals surface area contributed by atoms with Crippen LogP contribution in [-0.4, -0.2) is 29.0 Å². The molecule has 0 saturated carbocycles. The van der Waals surface area contributed by atoms with Gasteiger partial charge in [-0.2, -0.15) is 4.31 Å². The lowest BCUT2D eigenvalue weighted by atomic mass is 9.95. The van der Waals surface area contributed by atoms with E-state index < -0.39 is 14.9 Å². The van der Waals surface area contributed by atoms with Gasteiger partial charge in [-0.3, -0.25) is 10.1 Å². The second-order valence-electron chi connectivity index (χ2n) is 7.08. The molecule has 1 saturated heterocycles. The van der Waals surface area contributed by atoms with Gasteiger partial charge in [0, 0.05) is 23.5 Å².